The predicted molar refractivity (Wildman–Crippen MR) is 167 cm³/mol. The molecular formula is C28H38N9O9P. The molecule has 1 saturated heterocycles. The first kappa shape index (κ1) is 35.6. The number of allylic oxidation sites excluding steroid dienone is 1. The number of imidazole rings is 1. The van der Waals surface area contributed by atoms with E-state index in [1.54, 1.807) is 52.0 Å². The average molecular weight is 676 g/mol. The zero-order valence-corrected chi connectivity index (χ0v) is 27.4. The number of hydrogen-bond acceptors (Lipinski definition) is 14. The third-order valence-electron chi connectivity index (χ3n) is 7.21. The van der Waals surface area contributed by atoms with Crippen LogP contribution in [0.25, 0.3) is 21.6 Å². The van der Waals surface area contributed by atoms with E-state index in [1.807, 2.05) is 6.07 Å². The lowest BCUT2D eigenvalue weighted by Gasteiger charge is -2.28. The summed E-state index contributed by atoms with van der Waals surface area (Å²) in [7, 11) is -4.29. The van der Waals surface area contributed by atoms with Crippen LogP contribution in [0.5, 0.6) is 5.88 Å². The van der Waals surface area contributed by atoms with Gasteiger partial charge in [-0.3, -0.25) is 18.4 Å². The molecule has 3 heterocycles. The summed E-state index contributed by atoms with van der Waals surface area (Å²) in [5.41, 5.74) is 14.0. The molecule has 47 heavy (non-hydrogen) atoms. The molecule has 0 aliphatic carbocycles. The van der Waals surface area contributed by atoms with E-state index in [1.165, 1.54) is 17.8 Å². The number of carbonyl (C=O) groups excluding carboxylic acids is 1. The Morgan fingerprint density at radius 2 is 2.02 bits per heavy atom. The topological polar surface area (TPSA) is 251 Å². The fraction of sp³-hybridized carbons (Fsp3) is 0.500. The number of rotatable bonds is 15. The van der Waals surface area contributed by atoms with E-state index >= 15 is 0 Å². The molecule has 0 amide bonds. The molecule has 19 heteroatoms. The van der Waals surface area contributed by atoms with Gasteiger partial charge in [0.2, 0.25) is 11.8 Å². The summed E-state index contributed by atoms with van der Waals surface area (Å²) in [5, 5.41) is 28.6. The molecule has 5 atom stereocenters. The van der Waals surface area contributed by atoms with Crippen molar-refractivity contribution in [2.24, 2.45) is 10.5 Å². The van der Waals surface area contributed by atoms with Crippen molar-refractivity contribution in [3.05, 3.63) is 64.2 Å². The first-order valence-electron chi connectivity index (χ1n) is 14.5. The van der Waals surface area contributed by atoms with Crippen LogP contribution in [0.15, 0.2) is 53.3 Å². The summed E-state index contributed by atoms with van der Waals surface area (Å²) in [5.74, 6) is -0.555. The Morgan fingerprint density at radius 1 is 1.30 bits per heavy atom. The lowest BCUT2D eigenvalue weighted by Crippen LogP contribution is -2.42. The van der Waals surface area contributed by atoms with Gasteiger partial charge in [0.1, 0.15) is 24.0 Å². The van der Waals surface area contributed by atoms with Crippen molar-refractivity contribution in [3.8, 4) is 5.88 Å². The highest BCUT2D eigenvalue weighted by molar-refractivity contribution is 7.51. The zero-order valence-electron chi connectivity index (χ0n) is 26.5. The Labute approximate surface area is 270 Å². The second-order valence-corrected chi connectivity index (χ2v) is 13.5. The van der Waals surface area contributed by atoms with Gasteiger partial charge in [-0.25, -0.2) is 14.6 Å². The summed E-state index contributed by atoms with van der Waals surface area (Å²) in [6, 6.07) is 8.96. The number of nitrogens with two attached hydrogens (primary N) is 1. The van der Waals surface area contributed by atoms with Gasteiger partial charge in [0, 0.05) is 16.9 Å². The number of azide groups is 1. The lowest BCUT2D eigenvalue weighted by molar-refractivity contribution is -0.126. The molecule has 0 saturated carbocycles. The first-order chi connectivity index (χ1) is 22.3. The van der Waals surface area contributed by atoms with Crippen LogP contribution < -0.4 is 15.6 Å². The predicted octanol–water partition coefficient (Wildman–Crippen LogP) is 4.05. The van der Waals surface area contributed by atoms with Gasteiger partial charge in [-0.2, -0.15) is 9.97 Å². The maximum Gasteiger partial charge on any atom is 0.406 e. The SMILES string of the molecule is CCOc1nc(N)nc2c1ncn2C1O[C@H](COP(=O)(NCc2ccccc2)OC/C(OC=O)=C(/O)C(C)(C)C)[C@@H](O)[C@@]1(C)N=[N+]=[N-]. The molecule has 254 valence electrons. The maximum absolute atomic E-state index is 14.1. The highest BCUT2D eigenvalue weighted by Gasteiger charge is 2.55. The van der Waals surface area contributed by atoms with Crippen LogP contribution in [0, 0.1) is 5.41 Å². The average Bonchev–Trinajstić information content (AvgIpc) is 3.55. The minimum absolute atomic E-state index is 0.0361. The van der Waals surface area contributed by atoms with Crippen molar-refractivity contribution < 1.29 is 42.8 Å². The number of nitrogens with zero attached hydrogens (tertiary/aromatic N) is 7. The molecule has 2 aromatic heterocycles. The molecule has 0 spiro atoms. The van der Waals surface area contributed by atoms with E-state index in [9.17, 15) is 25.1 Å². The Morgan fingerprint density at radius 3 is 2.66 bits per heavy atom. The smallest absolute Gasteiger partial charge is 0.406 e. The molecule has 1 fully saturated rings. The molecule has 0 radical (unpaired) electrons. The van der Waals surface area contributed by atoms with E-state index in [4.69, 9.17) is 29.0 Å². The van der Waals surface area contributed by atoms with Crippen LogP contribution in [0.4, 0.5) is 5.95 Å². The normalized spacial score (nSPS) is 23.1. The van der Waals surface area contributed by atoms with Crippen molar-refractivity contribution in [1.29, 1.82) is 0 Å². The number of nitrogen functional groups attached to an aromatic ring is 1. The van der Waals surface area contributed by atoms with Crippen molar-refractivity contribution in [2.75, 3.05) is 25.6 Å². The molecule has 2 unspecified atom stereocenters. The lowest BCUT2D eigenvalue weighted by atomic mass is 9.93. The summed E-state index contributed by atoms with van der Waals surface area (Å²) in [6.45, 7) is 7.55. The van der Waals surface area contributed by atoms with Gasteiger partial charge in [-0.1, -0.05) is 56.2 Å². The van der Waals surface area contributed by atoms with Gasteiger partial charge < -0.3 is 30.2 Å². The molecule has 18 nitrogen and oxygen atoms in total. The van der Waals surface area contributed by atoms with E-state index in [0.29, 0.717) is 0 Å². The summed E-state index contributed by atoms with van der Waals surface area (Å²) in [4.78, 5) is 26.7. The fourth-order valence-electron chi connectivity index (χ4n) is 4.76. The highest BCUT2D eigenvalue weighted by atomic mass is 31.2. The molecule has 1 aliphatic heterocycles. The third kappa shape index (κ3) is 8.00. The molecule has 1 aromatic carbocycles. The summed E-state index contributed by atoms with van der Waals surface area (Å²) in [6.07, 6.45) is -2.55. The van der Waals surface area contributed by atoms with Crippen LogP contribution in [-0.4, -0.2) is 73.8 Å². The van der Waals surface area contributed by atoms with Gasteiger partial charge in [0.15, 0.2) is 23.2 Å². The van der Waals surface area contributed by atoms with E-state index in [-0.39, 0.29) is 54.1 Å². The number of carbonyl (C=O) groups is 1. The number of aliphatic hydroxyl groups is 2. The van der Waals surface area contributed by atoms with Gasteiger partial charge in [0.05, 0.1) is 25.6 Å². The van der Waals surface area contributed by atoms with Crippen LogP contribution in [0.3, 0.4) is 0 Å². The third-order valence-corrected chi connectivity index (χ3v) is 8.72. The van der Waals surface area contributed by atoms with Crippen LogP contribution in [-0.2, 0) is 34.4 Å². The zero-order chi connectivity index (χ0) is 34.4. The Hall–Kier alpha value is -4.28. The first-order valence-corrected chi connectivity index (χ1v) is 16.0. The van der Waals surface area contributed by atoms with Gasteiger partial charge >= 0.3 is 7.75 Å². The summed E-state index contributed by atoms with van der Waals surface area (Å²) >= 11 is 0. The fourth-order valence-corrected chi connectivity index (χ4v) is 6.02. The van der Waals surface area contributed by atoms with Crippen molar-refractivity contribution in [2.45, 2.75) is 65.1 Å². The maximum atomic E-state index is 14.1. The minimum Gasteiger partial charge on any atom is -0.508 e. The number of aromatic nitrogens is 4. The van der Waals surface area contributed by atoms with Crippen LogP contribution in [0.2, 0.25) is 0 Å². The summed E-state index contributed by atoms with van der Waals surface area (Å²) < 4.78 is 43.5. The quantitative estimate of drug-likeness (QED) is 0.0443. The van der Waals surface area contributed by atoms with Gasteiger partial charge in [-0.15, -0.1) is 0 Å². The molecule has 0 bridgehead atoms. The van der Waals surface area contributed by atoms with Crippen molar-refractivity contribution in [3.63, 3.8) is 0 Å². The molecule has 3 aromatic rings. The largest absolute Gasteiger partial charge is 0.508 e. The van der Waals surface area contributed by atoms with E-state index in [0.717, 1.165) is 5.56 Å². The number of nitrogens with one attached hydrogen (secondary N) is 1. The van der Waals surface area contributed by atoms with Gasteiger partial charge in [-0.05, 0) is 24.9 Å². The van der Waals surface area contributed by atoms with Crippen molar-refractivity contribution in [1.82, 2.24) is 24.6 Å². The Balaban J connectivity index is 1.63. The number of ether oxygens (including phenoxy) is 3. The Kier molecular flexibility index (Phi) is 11.1. The molecular weight excluding hydrogens is 637 g/mol. The van der Waals surface area contributed by atoms with Gasteiger partial charge in [0.25, 0.3) is 6.47 Å². The highest BCUT2D eigenvalue weighted by Crippen LogP contribution is 2.48. The second kappa shape index (κ2) is 14.6. The van der Waals surface area contributed by atoms with E-state index < -0.39 is 50.4 Å². The monoisotopic (exact) mass is 675 g/mol. The number of hydrogen-bond donors (Lipinski definition) is 4. The molecule has 1 aliphatic rings. The number of anilines is 1. The van der Waals surface area contributed by atoms with Crippen LogP contribution >= 0.6 is 7.75 Å². The molecule has 5 N–H and O–H groups in total. The Bertz CT molecular complexity index is 1690. The number of fused-ring (bicyclic) bond motifs is 1. The molecule has 4 rings (SSSR count). The standard InChI is InChI=1S/C28H38N9O9P/c1-6-42-24-20-23(33-26(29)34-24)37(15-31-20)25-28(5,35-36-30)22(40)19(46-25)14-45-47(41,32-12-17-10-8-7-9-11-17)44-13-18(43-16-38)21(39)27(2,3)4/h7-11,15-16,19,22,25,39-40H,6,12-14H2,1-5H3,(H,32,41)(H2,29,33,34)/b21-18-/t19-,22-,25?,28-,47?/m1/s1. The second-order valence-electron chi connectivity index (χ2n) is 11.7. The van der Waals surface area contributed by atoms with Crippen LogP contribution in [0.1, 0.15) is 46.4 Å². The minimum atomic E-state index is -4.29. The van der Waals surface area contributed by atoms with E-state index in [2.05, 4.69) is 30.1 Å². The van der Waals surface area contributed by atoms with Crippen molar-refractivity contribution >= 4 is 31.3 Å². The number of benzene rings is 1. The number of aliphatic hydroxyl groups excluding tert-OH is 2.